The number of hydrogen-bond donors (Lipinski definition) is 2. The zero-order valence-corrected chi connectivity index (χ0v) is 18.9. The molecule has 2 aromatic heterocycles. The predicted octanol–water partition coefficient (Wildman–Crippen LogP) is 7.48. The molecule has 2 heterocycles. The number of thiophene rings is 1. The van der Waals surface area contributed by atoms with Crippen LogP contribution >= 0.6 is 11.3 Å². The van der Waals surface area contributed by atoms with Crippen LogP contribution in [0.15, 0.2) is 53.9 Å². The molecule has 0 aliphatic rings. The van der Waals surface area contributed by atoms with Crippen molar-refractivity contribution in [2.45, 2.75) is 25.8 Å². The number of ether oxygens (including phenoxy) is 1. The molecule has 0 amide bonds. The first-order valence-corrected chi connectivity index (χ1v) is 11.2. The van der Waals surface area contributed by atoms with Gasteiger partial charge in [0.1, 0.15) is 11.6 Å². The third-order valence-corrected chi connectivity index (χ3v) is 5.71. The number of alkyl halides is 6. The normalized spacial score (nSPS) is 12.1. The van der Waals surface area contributed by atoms with E-state index in [2.05, 4.69) is 20.6 Å². The molecular formula is C23H18F6N4OS. The fraction of sp³-hybridized carbons (Fsp3) is 0.217. The van der Waals surface area contributed by atoms with E-state index in [4.69, 9.17) is 4.74 Å². The van der Waals surface area contributed by atoms with E-state index >= 15 is 0 Å². The summed E-state index contributed by atoms with van der Waals surface area (Å²) in [6.07, 6.45) is -9.94. The summed E-state index contributed by atoms with van der Waals surface area (Å²) in [5, 5.41) is 7.92. The minimum Gasteiger partial charge on any atom is -0.494 e. The lowest BCUT2D eigenvalue weighted by Gasteiger charge is -2.16. The summed E-state index contributed by atoms with van der Waals surface area (Å²) in [7, 11) is 0. The Hall–Kier alpha value is -3.54. The standard InChI is InChI=1S/C23H18F6N4OS/c1-2-34-16-5-6-19-18(11-16)20(33-21(32-19)30-12-17-4-3-7-35-17)31-15-9-13(22(24,25)26)8-14(10-15)23(27,28)29/h3-11H,2,12H2,1H3,(H2,30,31,32,33). The Kier molecular flexibility index (Phi) is 6.75. The van der Waals surface area contributed by atoms with Gasteiger partial charge in [-0.05, 0) is 54.8 Å². The van der Waals surface area contributed by atoms with Crippen LogP contribution < -0.4 is 15.4 Å². The van der Waals surface area contributed by atoms with Gasteiger partial charge in [0.25, 0.3) is 0 Å². The Labute approximate surface area is 199 Å². The quantitative estimate of drug-likeness (QED) is 0.251. The van der Waals surface area contributed by atoms with Crippen molar-refractivity contribution < 1.29 is 31.1 Å². The first kappa shape index (κ1) is 24.6. The van der Waals surface area contributed by atoms with Gasteiger partial charge in [0.15, 0.2) is 0 Å². The first-order valence-electron chi connectivity index (χ1n) is 10.3. The van der Waals surface area contributed by atoms with Crippen molar-refractivity contribution in [2.75, 3.05) is 17.2 Å². The first-order chi connectivity index (χ1) is 16.5. The number of fused-ring (bicyclic) bond motifs is 1. The fourth-order valence-corrected chi connectivity index (χ4v) is 3.93. The van der Waals surface area contributed by atoms with E-state index in [0.29, 0.717) is 41.9 Å². The third-order valence-electron chi connectivity index (χ3n) is 4.83. The summed E-state index contributed by atoms with van der Waals surface area (Å²) >= 11 is 1.50. The third kappa shape index (κ3) is 5.94. The summed E-state index contributed by atoms with van der Waals surface area (Å²) in [6.45, 7) is 2.53. The van der Waals surface area contributed by atoms with Crippen LogP contribution in [-0.4, -0.2) is 16.6 Å². The largest absolute Gasteiger partial charge is 0.494 e. The monoisotopic (exact) mass is 512 g/mol. The number of aromatic nitrogens is 2. The molecular weight excluding hydrogens is 494 g/mol. The average Bonchev–Trinajstić information content (AvgIpc) is 3.30. The van der Waals surface area contributed by atoms with Gasteiger partial charge in [0.2, 0.25) is 5.95 Å². The molecule has 12 heteroatoms. The van der Waals surface area contributed by atoms with E-state index in [-0.39, 0.29) is 17.8 Å². The van der Waals surface area contributed by atoms with Crippen molar-refractivity contribution in [1.82, 2.24) is 9.97 Å². The van der Waals surface area contributed by atoms with E-state index in [1.54, 1.807) is 25.1 Å². The molecule has 35 heavy (non-hydrogen) atoms. The van der Waals surface area contributed by atoms with Crippen LogP contribution in [-0.2, 0) is 18.9 Å². The highest BCUT2D eigenvalue weighted by Gasteiger charge is 2.37. The van der Waals surface area contributed by atoms with Crippen LogP contribution in [0.5, 0.6) is 5.75 Å². The Bertz CT molecular complexity index is 1290. The predicted molar refractivity (Wildman–Crippen MR) is 122 cm³/mol. The topological polar surface area (TPSA) is 59.1 Å². The number of anilines is 3. The molecule has 5 nitrogen and oxygen atoms in total. The second-order valence-electron chi connectivity index (χ2n) is 7.36. The Balaban J connectivity index is 1.79. The van der Waals surface area contributed by atoms with Gasteiger partial charge in [-0.15, -0.1) is 11.3 Å². The van der Waals surface area contributed by atoms with Crippen molar-refractivity contribution in [3.63, 3.8) is 0 Å². The maximum Gasteiger partial charge on any atom is 0.416 e. The minimum absolute atomic E-state index is 0.0256. The van der Waals surface area contributed by atoms with Crippen molar-refractivity contribution in [3.05, 3.63) is 69.9 Å². The highest BCUT2D eigenvalue weighted by Crippen LogP contribution is 2.39. The van der Waals surface area contributed by atoms with E-state index in [1.807, 2.05) is 17.5 Å². The van der Waals surface area contributed by atoms with Gasteiger partial charge in [-0.2, -0.15) is 31.3 Å². The van der Waals surface area contributed by atoms with E-state index < -0.39 is 29.2 Å². The Morgan fingerprint density at radius 1 is 0.914 bits per heavy atom. The molecule has 2 aromatic carbocycles. The summed E-state index contributed by atoms with van der Waals surface area (Å²) < 4.78 is 85.4. The zero-order chi connectivity index (χ0) is 25.2. The maximum atomic E-state index is 13.3. The molecule has 0 radical (unpaired) electrons. The lowest BCUT2D eigenvalue weighted by molar-refractivity contribution is -0.143. The molecule has 0 fully saturated rings. The van der Waals surface area contributed by atoms with Crippen LogP contribution in [0, 0.1) is 0 Å². The number of benzene rings is 2. The second kappa shape index (κ2) is 9.61. The molecule has 0 atom stereocenters. The van der Waals surface area contributed by atoms with Crippen molar-refractivity contribution in [2.24, 2.45) is 0 Å². The van der Waals surface area contributed by atoms with Crippen LogP contribution in [0.2, 0.25) is 0 Å². The number of nitrogens with one attached hydrogen (secondary N) is 2. The maximum absolute atomic E-state index is 13.3. The summed E-state index contributed by atoms with van der Waals surface area (Å²) in [4.78, 5) is 9.74. The Morgan fingerprint density at radius 3 is 2.23 bits per heavy atom. The van der Waals surface area contributed by atoms with E-state index in [9.17, 15) is 26.3 Å². The summed E-state index contributed by atoms with van der Waals surface area (Å²) in [5.41, 5.74) is -2.86. The summed E-state index contributed by atoms with van der Waals surface area (Å²) in [5.74, 6) is 0.629. The Morgan fingerprint density at radius 2 is 1.63 bits per heavy atom. The van der Waals surface area contributed by atoms with Crippen molar-refractivity contribution in [3.8, 4) is 5.75 Å². The lowest BCUT2D eigenvalue weighted by Crippen LogP contribution is -2.12. The highest BCUT2D eigenvalue weighted by atomic mass is 32.1. The van der Waals surface area contributed by atoms with Gasteiger partial charge in [0.05, 0.1) is 29.8 Å². The number of rotatable bonds is 7. The van der Waals surface area contributed by atoms with Crippen LogP contribution in [0.3, 0.4) is 0 Å². The van der Waals surface area contributed by atoms with Crippen molar-refractivity contribution in [1.29, 1.82) is 0 Å². The zero-order valence-electron chi connectivity index (χ0n) is 18.1. The average molecular weight is 512 g/mol. The molecule has 4 aromatic rings. The van der Waals surface area contributed by atoms with Crippen LogP contribution in [0.4, 0.5) is 43.8 Å². The number of hydrogen-bond acceptors (Lipinski definition) is 6. The molecule has 0 unspecified atom stereocenters. The highest BCUT2D eigenvalue weighted by molar-refractivity contribution is 7.09. The van der Waals surface area contributed by atoms with Gasteiger partial charge in [-0.25, -0.2) is 4.98 Å². The molecule has 0 bridgehead atoms. The lowest BCUT2D eigenvalue weighted by atomic mass is 10.1. The molecule has 0 saturated carbocycles. The molecule has 4 rings (SSSR count). The summed E-state index contributed by atoms with van der Waals surface area (Å²) in [6, 6.07) is 9.93. The molecule has 2 N–H and O–H groups in total. The number of halogens is 6. The molecule has 0 saturated heterocycles. The SMILES string of the molecule is CCOc1ccc2nc(NCc3cccs3)nc(Nc3cc(C(F)(F)F)cc(C(F)(F)F)c3)c2c1. The second-order valence-corrected chi connectivity index (χ2v) is 8.39. The fourth-order valence-electron chi connectivity index (χ4n) is 3.28. The molecule has 0 spiro atoms. The smallest absolute Gasteiger partial charge is 0.416 e. The van der Waals surface area contributed by atoms with E-state index in [0.717, 1.165) is 4.88 Å². The van der Waals surface area contributed by atoms with Gasteiger partial charge in [-0.3, -0.25) is 0 Å². The molecule has 184 valence electrons. The minimum atomic E-state index is -4.97. The van der Waals surface area contributed by atoms with Gasteiger partial charge in [-0.1, -0.05) is 6.07 Å². The van der Waals surface area contributed by atoms with Gasteiger partial charge < -0.3 is 15.4 Å². The molecule has 0 aliphatic heterocycles. The molecule has 0 aliphatic carbocycles. The number of nitrogens with zero attached hydrogens (tertiary/aromatic N) is 2. The van der Waals surface area contributed by atoms with E-state index in [1.165, 1.54) is 11.3 Å². The van der Waals surface area contributed by atoms with Crippen molar-refractivity contribution >= 4 is 39.7 Å². The van der Waals surface area contributed by atoms with Crippen LogP contribution in [0.1, 0.15) is 22.9 Å². The van der Waals surface area contributed by atoms with Gasteiger partial charge >= 0.3 is 12.4 Å². The van der Waals surface area contributed by atoms with Gasteiger partial charge in [0, 0.05) is 16.0 Å². The van der Waals surface area contributed by atoms with Crippen LogP contribution in [0.25, 0.3) is 10.9 Å².